The summed E-state index contributed by atoms with van der Waals surface area (Å²) < 4.78 is 13.0. The SMILES string of the molecule is Cc1ccccc1CNC(=O)[C@@H](NC(=O)c1ccc(F)cc1)C(C)C. The van der Waals surface area contributed by atoms with Crippen LogP contribution in [-0.2, 0) is 11.3 Å². The van der Waals surface area contributed by atoms with E-state index in [0.29, 0.717) is 12.1 Å². The van der Waals surface area contributed by atoms with Crippen LogP contribution in [0.15, 0.2) is 48.5 Å². The Balaban J connectivity index is 2.01. The summed E-state index contributed by atoms with van der Waals surface area (Å²) in [5.74, 6) is -1.13. The molecule has 2 rings (SSSR count). The number of halogens is 1. The molecule has 0 aliphatic heterocycles. The van der Waals surface area contributed by atoms with Gasteiger partial charge in [0, 0.05) is 12.1 Å². The number of amides is 2. The lowest BCUT2D eigenvalue weighted by atomic mass is 10.0. The minimum Gasteiger partial charge on any atom is -0.350 e. The van der Waals surface area contributed by atoms with Crippen molar-refractivity contribution in [3.8, 4) is 0 Å². The van der Waals surface area contributed by atoms with Gasteiger partial charge in [0.15, 0.2) is 0 Å². The first kappa shape index (κ1) is 18.6. The van der Waals surface area contributed by atoms with E-state index in [0.717, 1.165) is 11.1 Å². The third-order valence-corrected chi connectivity index (χ3v) is 4.06. The van der Waals surface area contributed by atoms with Gasteiger partial charge in [0.25, 0.3) is 5.91 Å². The molecule has 0 aromatic heterocycles. The zero-order chi connectivity index (χ0) is 18.4. The fourth-order valence-electron chi connectivity index (χ4n) is 2.46. The van der Waals surface area contributed by atoms with Crippen LogP contribution in [0.3, 0.4) is 0 Å². The average molecular weight is 342 g/mol. The van der Waals surface area contributed by atoms with Crippen molar-refractivity contribution in [1.82, 2.24) is 10.6 Å². The highest BCUT2D eigenvalue weighted by Crippen LogP contribution is 2.09. The van der Waals surface area contributed by atoms with Crippen LogP contribution >= 0.6 is 0 Å². The van der Waals surface area contributed by atoms with E-state index in [1.807, 2.05) is 45.0 Å². The lowest BCUT2D eigenvalue weighted by molar-refractivity contribution is -0.124. The first-order chi connectivity index (χ1) is 11.9. The van der Waals surface area contributed by atoms with Crippen molar-refractivity contribution in [3.05, 3.63) is 71.0 Å². The number of aryl methyl sites for hydroxylation is 1. The number of nitrogens with one attached hydrogen (secondary N) is 2. The highest BCUT2D eigenvalue weighted by Gasteiger charge is 2.24. The Morgan fingerprint density at radius 1 is 1.04 bits per heavy atom. The van der Waals surface area contributed by atoms with Gasteiger partial charge in [-0.1, -0.05) is 38.1 Å². The van der Waals surface area contributed by atoms with Crippen LogP contribution in [0.25, 0.3) is 0 Å². The molecule has 2 aromatic rings. The second kappa shape index (κ2) is 8.42. The van der Waals surface area contributed by atoms with Gasteiger partial charge in [-0.15, -0.1) is 0 Å². The summed E-state index contributed by atoms with van der Waals surface area (Å²) in [7, 11) is 0. The van der Waals surface area contributed by atoms with Crippen molar-refractivity contribution in [2.75, 3.05) is 0 Å². The van der Waals surface area contributed by atoms with Crippen LogP contribution in [0.4, 0.5) is 4.39 Å². The third kappa shape index (κ3) is 5.14. The van der Waals surface area contributed by atoms with Gasteiger partial charge < -0.3 is 10.6 Å². The normalized spacial score (nSPS) is 11.9. The van der Waals surface area contributed by atoms with Gasteiger partial charge in [0.2, 0.25) is 5.91 Å². The molecule has 5 heteroatoms. The molecule has 1 atom stereocenters. The Bertz CT molecular complexity index is 742. The quantitative estimate of drug-likeness (QED) is 0.847. The molecule has 132 valence electrons. The summed E-state index contributed by atoms with van der Waals surface area (Å²) in [5, 5.41) is 5.60. The van der Waals surface area contributed by atoms with E-state index in [1.165, 1.54) is 24.3 Å². The summed E-state index contributed by atoms with van der Waals surface area (Å²) >= 11 is 0. The fraction of sp³-hybridized carbons (Fsp3) is 0.300. The zero-order valence-electron chi connectivity index (χ0n) is 14.7. The van der Waals surface area contributed by atoms with Crippen molar-refractivity contribution < 1.29 is 14.0 Å². The maximum Gasteiger partial charge on any atom is 0.251 e. The van der Waals surface area contributed by atoms with Gasteiger partial charge in [-0.3, -0.25) is 9.59 Å². The zero-order valence-corrected chi connectivity index (χ0v) is 14.7. The summed E-state index contributed by atoms with van der Waals surface area (Å²) in [6.07, 6.45) is 0. The van der Waals surface area contributed by atoms with E-state index in [2.05, 4.69) is 10.6 Å². The van der Waals surface area contributed by atoms with E-state index in [1.54, 1.807) is 0 Å². The lowest BCUT2D eigenvalue weighted by Gasteiger charge is -2.22. The molecule has 2 N–H and O–H groups in total. The number of hydrogen-bond acceptors (Lipinski definition) is 2. The van der Waals surface area contributed by atoms with Crippen molar-refractivity contribution in [1.29, 1.82) is 0 Å². The molecule has 0 spiro atoms. The van der Waals surface area contributed by atoms with Crippen LogP contribution in [0.1, 0.15) is 35.3 Å². The van der Waals surface area contributed by atoms with Crippen molar-refractivity contribution in [2.45, 2.75) is 33.4 Å². The molecule has 0 fully saturated rings. The predicted octanol–water partition coefficient (Wildman–Crippen LogP) is 3.20. The van der Waals surface area contributed by atoms with Gasteiger partial charge in [-0.25, -0.2) is 4.39 Å². The minimum absolute atomic E-state index is 0.0822. The molecule has 0 aliphatic rings. The molecule has 4 nitrogen and oxygen atoms in total. The Morgan fingerprint density at radius 3 is 2.28 bits per heavy atom. The summed E-state index contributed by atoms with van der Waals surface area (Å²) in [6, 6.07) is 12.4. The van der Waals surface area contributed by atoms with Crippen LogP contribution in [0.5, 0.6) is 0 Å². The van der Waals surface area contributed by atoms with Crippen molar-refractivity contribution in [2.24, 2.45) is 5.92 Å². The predicted molar refractivity (Wildman–Crippen MR) is 95.5 cm³/mol. The molecule has 25 heavy (non-hydrogen) atoms. The molecule has 2 amide bonds. The van der Waals surface area contributed by atoms with E-state index < -0.39 is 17.8 Å². The minimum atomic E-state index is -0.665. The Morgan fingerprint density at radius 2 is 1.68 bits per heavy atom. The molecule has 0 heterocycles. The smallest absolute Gasteiger partial charge is 0.251 e. The molecule has 0 saturated heterocycles. The van der Waals surface area contributed by atoms with Crippen LogP contribution in [-0.4, -0.2) is 17.9 Å². The van der Waals surface area contributed by atoms with Crippen LogP contribution in [0.2, 0.25) is 0 Å². The summed E-state index contributed by atoms with van der Waals surface area (Å²) in [6.45, 7) is 6.12. The second-order valence-corrected chi connectivity index (χ2v) is 6.35. The average Bonchev–Trinajstić information content (AvgIpc) is 2.58. The maximum absolute atomic E-state index is 13.0. The molecule has 0 unspecified atom stereocenters. The number of hydrogen-bond donors (Lipinski definition) is 2. The van der Waals surface area contributed by atoms with Crippen molar-refractivity contribution in [3.63, 3.8) is 0 Å². The lowest BCUT2D eigenvalue weighted by Crippen LogP contribution is -2.49. The van der Waals surface area contributed by atoms with Crippen LogP contribution in [0, 0.1) is 18.7 Å². The van der Waals surface area contributed by atoms with Gasteiger partial charge in [0.05, 0.1) is 0 Å². The third-order valence-electron chi connectivity index (χ3n) is 4.06. The molecule has 2 aromatic carbocycles. The van der Waals surface area contributed by atoms with Crippen LogP contribution < -0.4 is 10.6 Å². The number of benzene rings is 2. The largest absolute Gasteiger partial charge is 0.350 e. The Labute approximate surface area is 147 Å². The molecule has 0 radical (unpaired) electrons. The molecule has 0 saturated carbocycles. The standard InChI is InChI=1S/C20H23FN2O2/c1-13(2)18(23-19(24)15-8-10-17(21)11-9-15)20(25)22-12-16-7-5-4-6-14(16)3/h4-11,13,18H,12H2,1-3H3,(H,22,25)(H,23,24)/t18-/m0/s1. The fourth-order valence-corrected chi connectivity index (χ4v) is 2.46. The highest BCUT2D eigenvalue weighted by atomic mass is 19.1. The summed E-state index contributed by atoms with van der Waals surface area (Å²) in [5.41, 5.74) is 2.45. The topological polar surface area (TPSA) is 58.2 Å². The van der Waals surface area contributed by atoms with E-state index >= 15 is 0 Å². The van der Waals surface area contributed by atoms with Gasteiger partial charge in [0.1, 0.15) is 11.9 Å². The number of rotatable bonds is 6. The Hall–Kier alpha value is -2.69. The summed E-state index contributed by atoms with van der Waals surface area (Å²) in [4.78, 5) is 24.8. The first-order valence-electron chi connectivity index (χ1n) is 8.27. The second-order valence-electron chi connectivity index (χ2n) is 6.35. The van der Waals surface area contributed by atoms with E-state index in [9.17, 15) is 14.0 Å². The van der Waals surface area contributed by atoms with Crippen molar-refractivity contribution >= 4 is 11.8 Å². The molecule has 0 aliphatic carbocycles. The van der Waals surface area contributed by atoms with E-state index in [-0.39, 0.29) is 11.8 Å². The molecule has 0 bridgehead atoms. The van der Waals surface area contributed by atoms with Gasteiger partial charge >= 0.3 is 0 Å². The first-order valence-corrected chi connectivity index (χ1v) is 8.27. The maximum atomic E-state index is 13.0. The Kier molecular flexibility index (Phi) is 6.28. The van der Waals surface area contributed by atoms with E-state index in [4.69, 9.17) is 0 Å². The molecular weight excluding hydrogens is 319 g/mol. The highest BCUT2D eigenvalue weighted by molar-refractivity contribution is 5.97. The number of carbonyl (C=O) groups is 2. The number of carbonyl (C=O) groups excluding carboxylic acids is 2. The monoisotopic (exact) mass is 342 g/mol. The van der Waals surface area contributed by atoms with Gasteiger partial charge in [-0.05, 0) is 48.2 Å². The molecular formula is C20H23FN2O2. The van der Waals surface area contributed by atoms with Gasteiger partial charge in [-0.2, -0.15) is 0 Å².